The largest absolute Gasteiger partial charge is 0.389 e. The number of hydrogen-bond donors (Lipinski definition) is 1. The molecule has 0 aromatic carbocycles. The summed E-state index contributed by atoms with van der Waals surface area (Å²) in [6.45, 7) is 4.45. The molecule has 1 unspecified atom stereocenters. The van der Waals surface area contributed by atoms with Crippen molar-refractivity contribution < 1.29 is 13.2 Å². The van der Waals surface area contributed by atoms with E-state index in [9.17, 15) is 13.2 Å². The highest BCUT2D eigenvalue weighted by molar-refractivity contribution is 7.09. The van der Waals surface area contributed by atoms with Crippen LogP contribution in [0.1, 0.15) is 36.9 Å². The predicted molar refractivity (Wildman–Crippen MR) is 63.1 cm³/mol. The molecule has 0 spiro atoms. The topological polar surface area (TPSA) is 24.9 Å². The molecular formula is C11H17F3N2S. The highest BCUT2D eigenvalue weighted by atomic mass is 32.1. The summed E-state index contributed by atoms with van der Waals surface area (Å²) in [4.78, 5) is 4.28. The van der Waals surface area contributed by atoms with Gasteiger partial charge in [-0.1, -0.05) is 0 Å². The summed E-state index contributed by atoms with van der Waals surface area (Å²) in [6, 6.07) is 0.0827. The number of hydrogen-bond acceptors (Lipinski definition) is 3. The smallest absolute Gasteiger partial charge is 0.309 e. The number of thiazole rings is 1. The Morgan fingerprint density at radius 2 is 2.18 bits per heavy atom. The quantitative estimate of drug-likeness (QED) is 0.850. The predicted octanol–water partition coefficient (Wildman–Crippen LogP) is 3.66. The fourth-order valence-electron chi connectivity index (χ4n) is 1.48. The summed E-state index contributed by atoms with van der Waals surface area (Å²) < 4.78 is 35.8. The molecule has 1 aromatic rings. The Labute approximate surface area is 103 Å². The molecule has 0 aliphatic carbocycles. The lowest BCUT2D eigenvalue weighted by atomic mass is 10.1. The van der Waals surface area contributed by atoms with Gasteiger partial charge in [0.15, 0.2) is 0 Å². The third-order valence-electron chi connectivity index (χ3n) is 2.40. The van der Waals surface area contributed by atoms with Gasteiger partial charge in [-0.3, -0.25) is 0 Å². The van der Waals surface area contributed by atoms with E-state index in [1.54, 1.807) is 11.3 Å². The lowest BCUT2D eigenvalue weighted by Crippen LogP contribution is -2.26. The van der Waals surface area contributed by atoms with Gasteiger partial charge in [0, 0.05) is 24.4 Å². The molecule has 1 rings (SSSR count). The first kappa shape index (κ1) is 14.4. The molecule has 1 N–H and O–H groups in total. The second-order valence-corrected chi connectivity index (χ2v) is 5.21. The molecule has 6 heteroatoms. The van der Waals surface area contributed by atoms with Crippen molar-refractivity contribution >= 4 is 11.3 Å². The van der Waals surface area contributed by atoms with E-state index in [1.807, 2.05) is 19.2 Å². The van der Waals surface area contributed by atoms with Gasteiger partial charge in [-0.15, -0.1) is 11.3 Å². The molecule has 0 saturated carbocycles. The summed E-state index contributed by atoms with van der Waals surface area (Å²) in [5, 5.41) is 6.14. The lowest BCUT2D eigenvalue weighted by Gasteiger charge is -2.13. The highest BCUT2D eigenvalue weighted by Gasteiger charge is 2.26. The maximum Gasteiger partial charge on any atom is 0.389 e. The van der Waals surface area contributed by atoms with E-state index in [2.05, 4.69) is 10.3 Å². The van der Waals surface area contributed by atoms with Crippen molar-refractivity contribution in [2.24, 2.45) is 0 Å². The minimum absolute atomic E-state index is 0.0827. The molecule has 0 bridgehead atoms. The first-order valence-electron chi connectivity index (χ1n) is 5.58. The minimum atomic E-state index is -4.04. The van der Waals surface area contributed by atoms with Crippen LogP contribution >= 0.6 is 11.3 Å². The molecular weight excluding hydrogens is 249 g/mol. The molecule has 1 aromatic heterocycles. The summed E-state index contributed by atoms with van der Waals surface area (Å²) in [6.07, 6.45) is -4.03. The second kappa shape index (κ2) is 6.35. The van der Waals surface area contributed by atoms with Crippen LogP contribution in [0, 0.1) is 6.92 Å². The van der Waals surface area contributed by atoms with Crippen LogP contribution in [-0.2, 0) is 6.54 Å². The number of rotatable bonds is 6. The van der Waals surface area contributed by atoms with E-state index < -0.39 is 12.6 Å². The Balaban J connectivity index is 2.15. The summed E-state index contributed by atoms with van der Waals surface area (Å²) in [7, 11) is 0. The molecule has 98 valence electrons. The van der Waals surface area contributed by atoms with Crippen LogP contribution in [0.2, 0.25) is 0 Å². The van der Waals surface area contributed by atoms with Crippen LogP contribution in [0.4, 0.5) is 13.2 Å². The van der Waals surface area contributed by atoms with Crippen LogP contribution in [0.15, 0.2) is 5.38 Å². The Kier molecular flexibility index (Phi) is 5.39. The van der Waals surface area contributed by atoms with Crippen LogP contribution < -0.4 is 5.32 Å². The van der Waals surface area contributed by atoms with E-state index in [4.69, 9.17) is 0 Å². The fraction of sp³-hybridized carbons (Fsp3) is 0.727. The Morgan fingerprint density at radius 1 is 1.47 bits per heavy atom. The fourth-order valence-corrected chi connectivity index (χ4v) is 2.09. The molecule has 0 aliphatic rings. The van der Waals surface area contributed by atoms with Crippen molar-refractivity contribution in [2.75, 3.05) is 0 Å². The molecule has 0 fully saturated rings. The molecule has 2 nitrogen and oxygen atoms in total. The first-order valence-corrected chi connectivity index (χ1v) is 6.46. The standard InChI is InChI=1S/C11H17F3N2S/c1-8(4-3-5-11(12,13)14)15-6-10-7-17-9(2)16-10/h7-8,15H,3-6H2,1-2H3. The van der Waals surface area contributed by atoms with Crippen LogP contribution in [0.5, 0.6) is 0 Å². The van der Waals surface area contributed by atoms with Gasteiger partial charge < -0.3 is 5.32 Å². The monoisotopic (exact) mass is 266 g/mol. The van der Waals surface area contributed by atoms with Gasteiger partial charge in [-0.05, 0) is 26.7 Å². The minimum Gasteiger partial charge on any atom is -0.309 e. The number of nitrogens with one attached hydrogen (secondary N) is 1. The van der Waals surface area contributed by atoms with E-state index >= 15 is 0 Å². The van der Waals surface area contributed by atoms with Crippen molar-refractivity contribution in [3.05, 3.63) is 16.1 Å². The maximum atomic E-state index is 11.9. The second-order valence-electron chi connectivity index (χ2n) is 4.15. The van der Waals surface area contributed by atoms with Crippen LogP contribution in [-0.4, -0.2) is 17.2 Å². The molecule has 0 saturated heterocycles. The van der Waals surface area contributed by atoms with E-state index in [1.165, 1.54) is 0 Å². The number of halogens is 3. The third-order valence-corrected chi connectivity index (χ3v) is 3.22. The molecule has 17 heavy (non-hydrogen) atoms. The average Bonchev–Trinajstić information content (AvgIpc) is 2.59. The zero-order chi connectivity index (χ0) is 12.9. The van der Waals surface area contributed by atoms with Crippen molar-refractivity contribution in [2.45, 2.75) is 51.9 Å². The van der Waals surface area contributed by atoms with Gasteiger partial charge in [-0.2, -0.15) is 13.2 Å². The Morgan fingerprint density at radius 3 is 2.71 bits per heavy atom. The number of aromatic nitrogens is 1. The zero-order valence-corrected chi connectivity index (χ0v) is 10.8. The van der Waals surface area contributed by atoms with Crippen molar-refractivity contribution in [3.8, 4) is 0 Å². The summed E-state index contributed by atoms with van der Waals surface area (Å²) in [5.74, 6) is 0. The Hall–Kier alpha value is -0.620. The van der Waals surface area contributed by atoms with Crippen molar-refractivity contribution in [1.29, 1.82) is 0 Å². The van der Waals surface area contributed by atoms with Gasteiger partial charge in [-0.25, -0.2) is 4.98 Å². The molecule has 0 radical (unpaired) electrons. The number of aryl methyl sites for hydroxylation is 1. The van der Waals surface area contributed by atoms with Crippen molar-refractivity contribution in [3.63, 3.8) is 0 Å². The zero-order valence-electron chi connectivity index (χ0n) is 9.97. The van der Waals surface area contributed by atoms with E-state index in [0.29, 0.717) is 13.0 Å². The molecule has 1 atom stereocenters. The molecule has 0 amide bonds. The SMILES string of the molecule is Cc1nc(CNC(C)CCCC(F)(F)F)cs1. The third kappa shape index (κ3) is 6.63. The van der Waals surface area contributed by atoms with Gasteiger partial charge >= 0.3 is 6.18 Å². The molecule has 1 heterocycles. The summed E-state index contributed by atoms with van der Waals surface area (Å²) >= 11 is 1.58. The van der Waals surface area contributed by atoms with Crippen LogP contribution in [0.3, 0.4) is 0 Å². The number of alkyl halides is 3. The lowest BCUT2D eigenvalue weighted by molar-refractivity contribution is -0.135. The average molecular weight is 266 g/mol. The number of nitrogens with zero attached hydrogens (tertiary/aromatic N) is 1. The Bertz CT molecular complexity index is 336. The van der Waals surface area contributed by atoms with Gasteiger partial charge in [0.25, 0.3) is 0 Å². The van der Waals surface area contributed by atoms with Gasteiger partial charge in [0.05, 0.1) is 10.7 Å². The summed E-state index contributed by atoms with van der Waals surface area (Å²) in [5.41, 5.74) is 0.954. The van der Waals surface area contributed by atoms with E-state index in [0.717, 1.165) is 10.7 Å². The van der Waals surface area contributed by atoms with Crippen molar-refractivity contribution in [1.82, 2.24) is 10.3 Å². The highest BCUT2D eigenvalue weighted by Crippen LogP contribution is 2.22. The first-order chi connectivity index (χ1) is 7.87. The molecule has 0 aliphatic heterocycles. The normalized spacial score (nSPS) is 13.9. The maximum absolute atomic E-state index is 11.9. The van der Waals surface area contributed by atoms with Gasteiger partial charge in [0.1, 0.15) is 0 Å². The van der Waals surface area contributed by atoms with Gasteiger partial charge in [0.2, 0.25) is 0 Å². The van der Waals surface area contributed by atoms with Crippen LogP contribution in [0.25, 0.3) is 0 Å². The van der Waals surface area contributed by atoms with E-state index in [-0.39, 0.29) is 12.5 Å².